The van der Waals surface area contributed by atoms with Crippen molar-refractivity contribution in [3.63, 3.8) is 0 Å². The van der Waals surface area contributed by atoms with E-state index in [1.807, 2.05) is 0 Å². The van der Waals surface area contributed by atoms with Crippen LogP contribution in [0.3, 0.4) is 0 Å². The lowest BCUT2D eigenvalue weighted by Gasteiger charge is -2.20. The number of alkyl halides is 1. The topological polar surface area (TPSA) is 46.2 Å². The minimum Gasteiger partial charge on any atom is -0.384 e. The van der Waals surface area contributed by atoms with E-state index in [0.717, 1.165) is 18.5 Å². The summed E-state index contributed by atoms with van der Waals surface area (Å²) in [6, 6.07) is 6.76. The van der Waals surface area contributed by atoms with E-state index in [2.05, 4.69) is 19.2 Å². The number of hydrogen-bond acceptors (Lipinski definition) is 3. The molecule has 0 aliphatic carbocycles. The lowest BCUT2D eigenvalue weighted by atomic mass is 9.99. The molecule has 3 nitrogen and oxygen atoms in total. The third-order valence-electron chi connectivity index (χ3n) is 3.34. The van der Waals surface area contributed by atoms with Gasteiger partial charge in [-0.2, -0.15) is 0 Å². The van der Waals surface area contributed by atoms with E-state index in [-0.39, 0.29) is 5.38 Å². The fourth-order valence-corrected chi connectivity index (χ4v) is 3.07. The predicted octanol–water partition coefficient (Wildman–Crippen LogP) is 3.55. The monoisotopic (exact) mass is 303 g/mol. The Morgan fingerprint density at radius 2 is 1.68 bits per heavy atom. The molecule has 0 aliphatic heterocycles. The van der Waals surface area contributed by atoms with E-state index in [4.69, 9.17) is 11.6 Å². The summed E-state index contributed by atoms with van der Waals surface area (Å²) in [7, 11) is -3.13. The zero-order valence-electron chi connectivity index (χ0n) is 11.7. The zero-order chi connectivity index (χ0) is 14.5. The van der Waals surface area contributed by atoms with Gasteiger partial charge in [-0.3, -0.25) is 0 Å². The quantitative estimate of drug-likeness (QED) is 0.784. The normalized spacial score (nSPS) is 13.5. The van der Waals surface area contributed by atoms with Crippen molar-refractivity contribution < 1.29 is 8.42 Å². The summed E-state index contributed by atoms with van der Waals surface area (Å²) >= 11 is 6.34. The van der Waals surface area contributed by atoms with Gasteiger partial charge in [0, 0.05) is 18.5 Å². The van der Waals surface area contributed by atoms with E-state index < -0.39 is 9.84 Å². The van der Waals surface area contributed by atoms with Gasteiger partial charge in [-0.1, -0.05) is 26.7 Å². The van der Waals surface area contributed by atoms with E-state index >= 15 is 0 Å². The Balaban J connectivity index is 2.60. The first-order valence-corrected chi connectivity index (χ1v) is 8.89. The maximum atomic E-state index is 11.3. The molecule has 1 rings (SSSR count). The lowest BCUT2D eigenvalue weighted by Crippen LogP contribution is -2.22. The first kappa shape index (κ1) is 16.3. The van der Waals surface area contributed by atoms with Gasteiger partial charge < -0.3 is 5.32 Å². The Hall–Kier alpha value is -0.740. The fourth-order valence-electron chi connectivity index (χ4n) is 2.00. The van der Waals surface area contributed by atoms with E-state index in [1.54, 1.807) is 24.3 Å². The second-order valence-electron chi connectivity index (χ2n) is 4.77. The van der Waals surface area contributed by atoms with Crippen LogP contribution in [0, 0.1) is 5.92 Å². The Kier molecular flexibility index (Phi) is 6.14. The maximum Gasteiger partial charge on any atom is 0.175 e. The van der Waals surface area contributed by atoms with Crippen molar-refractivity contribution in [2.75, 3.05) is 18.1 Å². The van der Waals surface area contributed by atoms with Crippen LogP contribution >= 0.6 is 11.6 Å². The highest BCUT2D eigenvalue weighted by atomic mass is 35.5. The molecule has 0 saturated carbocycles. The highest BCUT2D eigenvalue weighted by Crippen LogP contribution is 2.20. The molecular formula is C14H22ClNO2S. The van der Waals surface area contributed by atoms with Gasteiger partial charge in [0.1, 0.15) is 0 Å². The third-order valence-corrected chi connectivity index (χ3v) is 4.98. The minimum atomic E-state index is -3.13. The Morgan fingerprint density at radius 3 is 2.11 bits per heavy atom. The number of sulfone groups is 1. The molecule has 1 atom stereocenters. The van der Waals surface area contributed by atoms with Gasteiger partial charge in [-0.15, -0.1) is 11.6 Å². The highest BCUT2D eigenvalue weighted by molar-refractivity contribution is 7.90. The molecule has 19 heavy (non-hydrogen) atoms. The molecule has 1 aromatic rings. The number of hydrogen-bond donors (Lipinski definition) is 1. The van der Waals surface area contributed by atoms with Crippen LogP contribution in [-0.4, -0.2) is 26.6 Å². The van der Waals surface area contributed by atoms with Gasteiger partial charge in [0.05, 0.1) is 10.3 Å². The molecule has 0 amide bonds. The van der Waals surface area contributed by atoms with Gasteiger partial charge in [-0.25, -0.2) is 8.42 Å². The molecule has 0 heterocycles. The first-order chi connectivity index (χ1) is 8.88. The maximum absolute atomic E-state index is 11.3. The van der Waals surface area contributed by atoms with Crippen molar-refractivity contribution in [1.29, 1.82) is 0 Å². The number of anilines is 1. The summed E-state index contributed by atoms with van der Waals surface area (Å²) in [6.07, 6.45) is 3.34. The first-order valence-electron chi connectivity index (χ1n) is 6.56. The number of benzene rings is 1. The second-order valence-corrected chi connectivity index (χ2v) is 7.35. The summed E-state index contributed by atoms with van der Waals surface area (Å²) in [5.74, 6) is 0.504. The third kappa shape index (κ3) is 5.03. The van der Waals surface area contributed by atoms with Gasteiger partial charge in [0.2, 0.25) is 0 Å². The highest BCUT2D eigenvalue weighted by Gasteiger charge is 2.15. The van der Waals surface area contributed by atoms with Crippen molar-refractivity contribution in [2.45, 2.75) is 37.0 Å². The molecule has 1 N–H and O–H groups in total. The second kappa shape index (κ2) is 7.15. The van der Waals surface area contributed by atoms with Crippen LogP contribution in [0.4, 0.5) is 5.69 Å². The Labute approximate surface area is 121 Å². The SMILES string of the molecule is CCC(CC)C(Cl)CNc1ccc(S(C)(=O)=O)cc1. The van der Waals surface area contributed by atoms with Gasteiger partial charge in [0.25, 0.3) is 0 Å². The van der Waals surface area contributed by atoms with Crippen LogP contribution in [0.5, 0.6) is 0 Å². The van der Waals surface area contributed by atoms with Crippen molar-refractivity contribution in [1.82, 2.24) is 0 Å². The summed E-state index contributed by atoms with van der Waals surface area (Å²) in [5.41, 5.74) is 0.893. The number of rotatable bonds is 7. The zero-order valence-corrected chi connectivity index (χ0v) is 13.3. The van der Waals surface area contributed by atoms with Gasteiger partial charge in [0.15, 0.2) is 9.84 Å². The molecule has 0 fully saturated rings. The molecule has 108 valence electrons. The van der Waals surface area contributed by atoms with E-state index in [9.17, 15) is 8.42 Å². The molecule has 0 spiro atoms. The predicted molar refractivity (Wildman–Crippen MR) is 81.8 cm³/mol. The van der Waals surface area contributed by atoms with Crippen LogP contribution in [0.2, 0.25) is 0 Å². The van der Waals surface area contributed by atoms with E-state index in [0.29, 0.717) is 17.4 Å². The Morgan fingerprint density at radius 1 is 1.16 bits per heavy atom. The van der Waals surface area contributed by atoms with Crippen molar-refractivity contribution >= 4 is 27.1 Å². The largest absolute Gasteiger partial charge is 0.384 e. The molecule has 1 unspecified atom stereocenters. The van der Waals surface area contributed by atoms with Gasteiger partial charge in [-0.05, 0) is 30.2 Å². The molecule has 1 aromatic carbocycles. The lowest BCUT2D eigenvalue weighted by molar-refractivity contribution is 0.475. The standard InChI is InChI=1S/C14H22ClNO2S/c1-4-11(5-2)14(15)10-16-12-6-8-13(9-7-12)19(3,17)18/h6-9,11,14,16H,4-5,10H2,1-3H3. The van der Waals surface area contributed by atoms with Crippen LogP contribution in [0.15, 0.2) is 29.2 Å². The number of nitrogens with one attached hydrogen (secondary N) is 1. The Bertz CT molecular complexity index is 481. The van der Waals surface area contributed by atoms with Crippen LogP contribution < -0.4 is 5.32 Å². The van der Waals surface area contributed by atoms with Crippen LogP contribution in [0.25, 0.3) is 0 Å². The molecule has 0 radical (unpaired) electrons. The van der Waals surface area contributed by atoms with Crippen molar-refractivity contribution in [2.24, 2.45) is 5.92 Å². The van der Waals surface area contributed by atoms with Crippen molar-refractivity contribution in [3.05, 3.63) is 24.3 Å². The van der Waals surface area contributed by atoms with E-state index in [1.165, 1.54) is 6.26 Å². The molecule has 0 bridgehead atoms. The fraction of sp³-hybridized carbons (Fsp3) is 0.571. The minimum absolute atomic E-state index is 0.0876. The van der Waals surface area contributed by atoms with Gasteiger partial charge >= 0.3 is 0 Å². The summed E-state index contributed by atoms with van der Waals surface area (Å²) in [5, 5.41) is 3.33. The molecule has 0 aromatic heterocycles. The molecular weight excluding hydrogens is 282 g/mol. The molecule has 5 heteroatoms. The number of halogens is 1. The summed E-state index contributed by atoms with van der Waals surface area (Å²) in [6.45, 7) is 4.97. The smallest absolute Gasteiger partial charge is 0.175 e. The summed E-state index contributed by atoms with van der Waals surface area (Å²) < 4.78 is 22.7. The van der Waals surface area contributed by atoms with Crippen LogP contribution in [0.1, 0.15) is 26.7 Å². The van der Waals surface area contributed by atoms with Crippen molar-refractivity contribution in [3.8, 4) is 0 Å². The molecule has 0 saturated heterocycles. The average Bonchev–Trinajstić information content (AvgIpc) is 2.37. The summed E-state index contributed by atoms with van der Waals surface area (Å²) in [4.78, 5) is 0.334. The van der Waals surface area contributed by atoms with Crippen LogP contribution in [-0.2, 0) is 9.84 Å². The average molecular weight is 304 g/mol. The molecule has 0 aliphatic rings.